The van der Waals surface area contributed by atoms with Crippen LogP contribution in [0.25, 0.3) is 5.32 Å². The molecule has 4 heteroatoms. The standard InChI is InChI=1S/C17H14N2O2/c1-2-9-16(20)19(15-12-7-4-8-13-15)17(21)18-14-10-5-3-6-11-14/h2-13H,1H2. The van der Waals surface area contributed by atoms with Gasteiger partial charge in [-0.2, -0.15) is 0 Å². The molecule has 0 saturated carbocycles. The lowest BCUT2D eigenvalue weighted by Gasteiger charge is -2.28. The van der Waals surface area contributed by atoms with E-state index < -0.39 is 11.9 Å². The zero-order valence-electron chi connectivity index (χ0n) is 11.3. The van der Waals surface area contributed by atoms with Crippen molar-refractivity contribution in [2.75, 3.05) is 4.90 Å². The molecule has 0 N–H and O–H groups in total. The summed E-state index contributed by atoms with van der Waals surface area (Å²) in [6.07, 6.45) is 2.57. The molecule has 0 atom stereocenters. The first kappa shape index (κ1) is 14.4. The van der Waals surface area contributed by atoms with Crippen molar-refractivity contribution in [1.82, 2.24) is 0 Å². The predicted octanol–water partition coefficient (Wildman–Crippen LogP) is 4.24. The van der Waals surface area contributed by atoms with Gasteiger partial charge in [0.25, 0.3) is 5.91 Å². The maximum atomic E-state index is 12.3. The highest BCUT2D eigenvalue weighted by Gasteiger charge is 2.16. The Hall–Kier alpha value is -3.01. The number of hydrogen-bond acceptors (Lipinski definition) is 2. The van der Waals surface area contributed by atoms with Crippen molar-refractivity contribution < 1.29 is 9.59 Å². The van der Waals surface area contributed by atoms with Crippen LogP contribution in [0.15, 0.2) is 73.3 Å². The third kappa shape index (κ3) is 3.73. The van der Waals surface area contributed by atoms with E-state index in [4.69, 9.17) is 0 Å². The lowest BCUT2D eigenvalue weighted by molar-refractivity contribution is -0.114. The largest absolute Gasteiger partial charge is 0.400 e. The first-order valence-corrected chi connectivity index (χ1v) is 6.38. The maximum Gasteiger partial charge on any atom is 0.261 e. The smallest absolute Gasteiger partial charge is 0.261 e. The van der Waals surface area contributed by atoms with Gasteiger partial charge in [-0.3, -0.25) is 9.59 Å². The summed E-state index contributed by atoms with van der Waals surface area (Å²) < 4.78 is 0. The van der Waals surface area contributed by atoms with E-state index in [1.54, 1.807) is 48.5 Å². The van der Waals surface area contributed by atoms with E-state index in [-0.39, 0.29) is 0 Å². The molecule has 0 aliphatic heterocycles. The number of hydrogen-bond donors (Lipinski definition) is 0. The topological polar surface area (TPSA) is 51.5 Å². The van der Waals surface area contributed by atoms with Gasteiger partial charge in [0, 0.05) is 6.58 Å². The first-order valence-electron chi connectivity index (χ1n) is 6.38. The number of carbonyl (C=O) groups is 2. The van der Waals surface area contributed by atoms with Crippen LogP contribution in [0.1, 0.15) is 0 Å². The normalized spacial score (nSPS) is 9.52. The zero-order chi connectivity index (χ0) is 15.1. The highest BCUT2D eigenvalue weighted by molar-refractivity contribution is 6.23. The van der Waals surface area contributed by atoms with Gasteiger partial charge in [0.1, 0.15) is 6.42 Å². The molecule has 0 saturated heterocycles. The quantitative estimate of drug-likeness (QED) is 0.785. The van der Waals surface area contributed by atoms with Crippen LogP contribution in [-0.2, 0) is 4.79 Å². The van der Waals surface area contributed by atoms with E-state index in [0.29, 0.717) is 11.4 Å². The Morgan fingerprint density at radius 1 is 1.00 bits per heavy atom. The van der Waals surface area contributed by atoms with Crippen molar-refractivity contribution in [2.45, 2.75) is 0 Å². The Balaban J connectivity index is 2.25. The molecule has 4 nitrogen and oxygen atoms in total. The molecule has 0 bridgehead atoms. The fourth-order valence-electron chi connectivity index (χ4n) is 1.75. The van der Waals surface area contributed by atoms with Gasteiger partial charge in [0.2, 0.25) is 0 Å². The van der Waals surface area contributed by atoms with Gasteiger partial charge in [-0.25, -0.2) is 0 Å². The van der Waals surface area contributed by atoms with Gasteiger partial charge < -0.3 is 10.2 Å². The molecule has 2 aromatic rings. The second kappa shape index (κ2) is 6.96. The lowest BCUT2D eigenvalue weighted by Crippen LogP contribution is -2.35. The van der Waals surface area contributed by atoms with Gasteiger partial charge in [-0.1, -0.05) is 60.7 Å². The Kier molecular flexibility index (Phi) is 4.77. The molecule has 0 aromatic heterocycles. The molecule has 0 radical (unpaired) electrons. The van der Waals surface area contributed by atoms with Crippen LogP contribution in [0.4, 0.5) is 16.2 Å². The second-order valence-corrected chi connectivity index (χ2v) is 4.14. The summed E-state index contributed by atoms with van der Waals surface area (Å²) in [5.74, 6) is -0.485. The van der Waals surface area contributed by atoms with Crippen LogP contribution in [-0.4, -0.2) is 11.9 Å². The van der Waals surface area contributed by atoms with Crippen molar-refractivity contribution in [3.05, 3.63) is 85.1 Å². The number of imide groups is 1. The average molecular weight is 278 g/mol. The van der Waals surface area contributed by atoms with Gasteiger partial charge in [-0.05, 0) is 11.4 Å². The SMILES string of the molecule is C=C[CH+]C(=O)N(C(=O)[N-]c1ccccc1)c1ccccc1. The predicted molar refractivity (Wildman–Crippen MR) is 83.3 cm³/mol. The minimum absolute atomic E-state index is 0.463. The molecule has 0 aliphatic carbocycles. The number of carbonyl (C=O) groups excluding carboxylic acids is 2. The van der Waals surface area contributed by atoms with Crippen LogP contribution < -0.4 is 4.90 Å². The van der Waals surface area contributed by atoms with E-state index in [0.717, 1.165) is 4.90 Å². The van der Waals surface area contributed by atoms with Gasteiger partial charge in [0.05, 0.1) is 6.08 Å². The van der Waals surface area contributed by atoms with E-state index in [1.165, 1.54) is 12.5 Å². The Labute approximate surface area is 123 Å². The molecular weight excluding hydrogens is 264 g/mol. The highest BCUT2D eigenvalue weighted by Crippen LogP contribution is 2.23. The Morgan fingerprint density at radius 3 is 2.14 bits per heavy atom. The van der Waals surface area contributed by atoms with Crippen molar-refractivity contribution in [3.63, 3.8) is 0 Å². The summed E-state index contributed by atoms with van der Waals surface area (Å²) in [5.41, 5.74) is 0.958. The molecular formula is C17H14N2O2. The number of rotatable bonds is 4. The van der Waals surface area contributed by atoms with Crippen LogP contribution in [0.5, 0.6) is 0 Å². The van der Waals surface area contributed by atoms with E-state index in [1.807, 2.05) is 12.1 Å². The lowest BCUT2D eigenvalue weighted by atomic mass is 10.2. The molecule has 2 rings (SSSR count). The molecule has 0 aliphatic rings. The number of nitrogens with zero attached hydrogens (tertiary/aromatic N) is 2. The number of para-hydroxylation sites is 2. The molecule has 0 heterocycles. The molecule has 0 unspecified atom stereocenters. The summed E-state index contributed by atoms with van der Waals surface area (Å²) in [5, 5.41) is 3.95. The van der Waals surface area contributed by atoms with Crippen LogP contribution in [0, 0.1) is 6.42 Å². The first-order chi connectivity index (χ1) is 10.2. The summed E-state index contributed by atoms with van der Waals surface area (Å²) in [7, 11) is 0. The third-order valence-corrected chi connectivity index (χ3v) is 2.67. The van der Waals surface area contributed by atoms with Gasteiger partial charge in [-0.15, -0.1) is 0 Å². The summed E-state index contributed by atoms with van der Waals surface area (Å²) >= 11 is 0. The summed E-state index contributed by atoms with van der Waals surface area (Å²) in [4.78, 5) is 25.4. The average Bonchev–Trinajstić information content (AvgIpc) is 2.50. The van der Waals surface area contributed by atoms with Crippen molar-refractivity contribution in [2.24, 2.45) is 0 Å². The molecule has 2 aromatic carbocycles. The van der Waals surface area contributed by atoms with E-state index >= 15 is 0 Å². The van der Waals surface area contributed by atoms with Crippen LogP contribution in [0.2, 0.25) is 0 Å². The Morgan fingerprint density at radius 2 is 1.57 bits per heavy atom. The summed E-state index contributed by atoms with van der Waals surface area (Å²) in [6, 6.07) is 16.8. The molecule has 0 spiro atoms. The Bertz CT molecular complexity index is 624. The third-order valence-electron chi connectivity index (χ3n) is 2.67. The number of urea groups is 1. The molecule has 0 fully saturated rings. The van der Waals surface area contributed by atoms with Crippen molar-refractivity contribution >= 4 is 23.3 Å². The van der Waals surface area contributed by atoms with E-state index in [2.05, 4.69) is 11.9 Å². The fraction of sp³-hybridized carbons (Fsp3) is 0. The molecule has 3 amide bonds. The minimum Gasteiger partial charge on any atom is -0.400 e. The fourth-order valence-corrected chi connectivity index (χ4v) is 1.75. The maximum absolute atomic E-state index is 12.3. The zero-order valence-corrected chi connectivity index (χ0v) is 11.3. The number of benzene rings is 2. The highest BCUT2D eigenvalue weighted by atomic mass is 16.2. The number of anilines is 1. The monoisotopic (exact) mass is 278 g/mol. The summed E-state index contributed by atoms with van der Waals surface area (Å²) in [6.45, 7) is 3.48. The van der Waals surface area contributed by atoms with Crippen LogP contribution in [0.3, 0.4) is 0 Å². The second-order valence-electron chi connectivity index (χ2n) is 4.14. The van der Waals surface area contributed by atoms with E-state index in [9.17, 15) is 9.59 Å². The minimum atomic E-state index is -0.643. The van der Waals surface area contributed by atoms with Crippen molar-refractivity contribution in [3.8, 4) is 0 Å². The molecule has 104 valence electrons. The molecule has 21 heavy (non-hydrogen) atoms. The van der Waals surface area contributed by atoms with Gasteiger partial charge in [0.15, 0.2) is 6.03 Å². The van der Waals surface area contributed by atoms with Crippen LogP contribution >= 0.6 is 0 Å². The van der Waals surface area contributed by atoms with Crippen molar-refractivity contribution in [1.29, 1.82) is 0 Å². The number of amides is 3. The van der Waals surface area contributed by atoms with Gasteiger partial charge >= 0.3 is 0 Å².